The zero-order chi connectivity index (χ0) is 16.0. The molecule has 0 aliphatic carbocycles. The van der Waals surface area contributed by atoms with Crippen LogP contribution in [0.5, 0.6) is 5.75 Å². The van der Waals surface area contributed by atoms with Crippen LogP contribution in [-0.4, -0.2) is 29.6 Å². The molecule has 0 aliphatic rings. The van der Waals surface area contributed by atoms with E-state index < -0.39 is 30.3 Å². The molecule has 116 valence electrons. The number of rotatable bonds is 7. The van der Waals surface area contributed by atoms with Crippen molar-refractivity contribution in [3.05, 3.63) is 29.6 Å². The van der Waals surface area contributed by atoms with E-state index in [4.69, 9.17) is 9.84 Å². The van der Waals surface area contributed by atoms with Crippen LogP contribution in [0.3, 0.4) is 0 Å². The van der Waals surface area contributed by atoms with Gasteiger partial charge < -0.3 is 15.2 Å². The highest BCUT2D eigenvalue weighted by Gasteiger charge is 2.25. The molecule has 0 heterocycles. The van der Waals surface area contributed by atoms with Crippen molar-refractivity contribution < 1.29 is 23.8 Å². The number of carbonyl (C=O) groups is 2. The van der Waals surface area contributed by atoms with E-state index in [1.807, 2.05) is 6.92 Å². The summed E-state index contributed by atoms with van der Waals surface area (Å²) in [4.78, 5) is 22.8. The number of amides is 1. The van der Waals surface area contributed by atoms with E-state index >= 15 is 0 Å². The van der Waals surface area contributed by atoms with Crippen LogP contribution in [-0.2, 0) is 9.59 Å². The van der Waals surface area contributed by atoms with Gasteiger partial charge in [-0.1, -0.05) is 26.3 Å². The topological polar surface area (TPSA) is 75.6 Å². The number of aryl methyl sites for hydroxylation is 1. The highest BCUT2D eigenvalue weighted by atomic mass is 19.1. The number of nitrogens with one attached hydrogen (secondary N) is 1. The molecule has 0 aliphatic heterocycles. The summed E-state index contributed by atoms with van der Waals surface area (Å²) in [6.07, 6.45) is 0.616. The molecular weight excluding hydrogens is 277 g/mol. The number of aliphatic carboxylic acids is 1. The van der Waals surface area contributed by atoms with Crippen molar-refractivity contribution in [3.8, 4) is 5.75 Å². The van der Waals surface area contributed by atoms with Crippen LogP contribution in [0.25, 0.3) is 0 Å². The average molecular weight is 297 g/mol. The minimum Gasteiger partial charge on any atom is -0.481 e. The quantitative estimate of drug-likeness (QED) is 0.808. The second kappa shape index (κ2) is 7.61. The maximum atomic E-state index is 13.4. The second-order valence-electron chi connectivity index (χ2n) is 4.99. The van der Waals surface area contributed by atoms with Gasteiger partial charge >= 0.3 is 5.97 Å². The van der Waals surface area contributed by atoms with Crippen molar-refractivity contribution in [1.29, 1.82) is 0 Å². The molecule has 2 N–H and O–H groups in total. The summed E-state index contributed by atoms with van der Waals surface area (Å²) in [5.74, 6) is -2.49. The van der Waals surface area contributed by atoms with Crippen LogP contribution >= 0.6 is 0 Å². The van der Waals surface area contributed by atoms with Crippen molar-refractivity contribution in [2.75, 3.05) is 6.61 Å². The summed E-state index contributed by atoms with van der Waals surface area (Å²) < 4.78 is 18.5. The zero-order valence-corrected chi connectivity index (χ0v) is 12.4. The smallest absolute Gasteiger partial charge is 0.326 e. The fourth-order valence-corrected chi connectivity index (χ4v) is 1.76. The van der Waals surface area contributed by atoms with Gasteiger partial charge in [-0.25, -0.2) is 9.18 Å². The van der Waals surface area contributed by atoms with E-state index in [0.717, 1.165) is 5.56 Å². The van der Waals surface area contributed by atoms with Gasteiger partial charge in [0.15, 0.2) is 18.2 Å². The molecule has 0 saturated carbocycles. The van der Waals surface area contributed by atoms with Gasteiger partial charge in [-0.15, -0.1) is 0 Å². The summed E-state index contributed by atoms with van der Waals surface area (Å²) in [6, 6.07) is 3.34. The van der Waals surface area contributed by atoms with E-state index in [-0.39, 0.29) is 11.7 Å². The molecule has 2 unspecified atom stereocenters. The highest BCUT2D eigenvalue weighted by molar-refractivity contribution is 5.84. The largest absolute Gasteiger partial charge is 0.481 e. The van der Waals surface area contributed by atoms with Crippen molar-refractivity contribution in [2.45, 2.75) is 33.2 Å². The number of carboxylic acids is 1. The van der Waals surface area contributed by atoms with Gasteiger partial charge in [-0.3, -0.25) is 4.79 Å². The lowest BCUT2D eigenvalue weighted by atomic mass is 9.99. The van der Waals surface area contributed by atoms with E-state index in [0.29, 0.717) is 6.42 Å². The van der Waals surface area contributed by atoms with Gasteiger partial charge in [-0.05, 0) is 30.5 Å². The number of benzene rings is 1. The van der Waals surface area contributed by atoms with E-state index in [9.17, 15) is 14.0 Å². The summed E-state index contributed by atoms with van der Waals surface area (Å²) >= 11 is 0. The lowest BCUT2D eigenvalue weighted by Crippen LogP contribution is -2.46. The molecule has 0 spiro atoms. The molecule has 0 fully saturated rings. The number of hydrogen-bond acceptors (Lipinski definition) is 3. The Morgan fingerprint density at radius 3 is 2.67 bits per heavy atom. The summed E-state index contributed by atoms with van der Waals surface area (Å²) in [5, 5.41) is 11.5. The molecule has 1 rings (SSSR count). The van der Waals surface area contributed by atoms with E-state index in [2.05, 4.69) is 5.32 Å². The molecule has 6 heteroatoms. The molecule has 0 aromatic heterocycles. The number of ether oxygens (including phenoxy) is 1. The number of hydrogen-bond donors (Lipinski definition) is 2. The first kappa shape index (κ1) is 16.9. The first-order valence-electron chi connectivity index (χ1n) is 6.76. The van der Waals surface area contributed by atoms with Crippen molar-refractivity contribution in [2.24, 2.45) is 5.92 Å². The third kappa shape index (κ3) is 5.06. The fraction of sp³-hybridized carbons (Fsp3) is 0.467. The SMILES string of the molecule is CCC(C)C(NC(=O)COc1cc(C)ccc1F)C(=O)O. The molecule has 0 saturated heterocycles. The number of halogens is 1. The number of carboxylic acid groups (broad SMARTS) is 1. The molecule has 5 nitrogen and oxygen atoms in total. The van der Waals surface area contributed by atoms with Crippen LogP contribution in [0.2, 0.25) is 0 Å². The lowest BCUT2D eigenvalue weighted by Gasteiger charge is -2.20. The Bertz CT molecular complexity index is 518. The van der Waals surface area contributed by atoms with E-state index in [1.165, 1.54) is 12.1 Å². The van der Waals surface area contributed by atoms with Crippen LogP contribution in [0, 0.1) is 18.7 Å². The molecule has 1 amide bonds. The first-order chi connectivity index (χ1) is 9.85. The minimum atomic E-state index is -1.10. The van der Waals surface area contributed by atoms with Crippen LogP contribution in [0.4, 0.5) is 4.39 Å². The monoisotopic (exact) mass is 297 g/mol. The Morgan fingerprint density at radius 1 is 1.43 bits per heavy atom. The standard InChI is InChI=1S/C15H20FNO4/c1-4-10(3)14(15(19)20)17-13(18)8-21-12-7-9(2)5-6-11(12)16/h5-7,10,14H,4,8H2,1-3H3,(H,17,18)(H,19,20). The van der Waals surface area contributed by atoms with Crippen molar-refractivity contribution in [3.63, 3.8) is 0 Å². The first-order valence-corrected chi connectivity index (χ1v) is 6.76. The Balaban J connectivity index is 2.61. The predicted molar refractivity (Wildman–Crippen MR) is 75.7 cm³/mol. The Morgan fingerprint density at radius 2 is 2.10 bits per heavy atom. The van der Waals surface area contributed by atoms with Gasteiger partial charge in [0.25, 0.3) is 5.91 Å². The minimum absolute atomic E-state index is 0.0273. The van der Waals surface area contributed by atoms with Gasteiger partial charge in [-0.2, -0.15) is 0 Å². The van der Waals surface area contributed by atoms with E-state index in [1.54, 1.807) is 19.9 Å². The summed E-state index contributed by atoms with van der Waals surface area (Å²) in [5.41, 5.74) is 0.801. The molecule has 0 radical (unpaired) electrons. The van der Waals surface area contributed by atoms with Crippen LogP contribution in [0.1, 0.15) is 25.8 Å². The lowest BCUT2D eigenvalue weighted by molar-refractivity contribution is -0.143. The normalized spacial score (nSPS) is 13.3. The fourth-order valence-electron chi connectivity index (χ4n) is 1.76. The van der Waals surface area contributed by atoms with Crippen LogP contribution < -0.4 is 10.1 Å². The van der Waals surface area contributed by atoms with Crippen molar-refractivity contribution >= 4 is 11.9 Å². The van der Waals surface area contributed by atoms with Gasteiger partial charge in [0.2, 0.25) is 0 Å². The molecule has 1 aromatic rings. The second-order valence-corrected chi connectivity index (χ2v) is 4.99. The maximum Gasteiger partial charge on any atom is 0.326 e. The van der Waals surface area contributed by atoms with Gasteiger partial charge in [0.05, 0.1) is 0 Å². The van der Waals surface area contributed by atoms with Gasteiger partial charge in [0, 0.05) is 0 Å². The highest BCUT2D eigenvalue weighted by Crippen LogP contribution is 2.18. The third-order valence-corrected chi connectivity index (χ3v) is 3.24. The van der Waals surface area contributed by atoms with Crippen LogP contribution in [0.15, 0.2) is 18.2 Å². The zero-order valence-electron chi connectivity index (χ0n) is 12.4. The summed E-state index contributed by atoms with van der Waals surface area (Å²) in [6.45, 7) is 4.92. The molecular formula is C15H20FNO4. The summed E-state index contributed by atoms with van der Waals surface area (Å²) in [7, 11) is 0. The Hall–Kier alpha value is -2.11. The molecule has 21 heavy (non-hydrogen) atoms. The number of carbonyl (C=O) groups excluding carboxylic acids is 1. The Kier molecular flexibility index (Phi) is 6.14. The maximum absolute atomic E-state index is 13.4. The Labute approximate surface area is 123 Å². The molecule has 2 atom stereocenters. The van der Waals surface area contributed by atoms with Crippen molar-refractivity contribution in [1.82, 2.24) is 5.32 Å². The molecule has 0 bridgehead atoms. The molecule has 1 aromatic carbocycles. The van der Waals surface area contributed by atoms with Gasteiger partial charge in [0.1, 0.15) is 6.04 Å². The third-order valence-electron chi connectivity index (χ3n) is 3.24. The average Bonchev–Trinajstić information content (AvgIpc) is 2.44. The predicted octanol–water partition coefficient (Wildman–Crippen LogP) is 2.13.